The van der Waals surface area contributed by atoms with Crippen molar-refractivity contribution in [3.05, 3.63) is 40.7 Å². The van der Waals surface area contributed by atoms with Crippen LogP contribution < -0.4 is 10.1 Å². The van der Waals surface area contributed by atoms with Crippen LogP contribution in [0.2, 0.25) is 0 Å². The van der Waals surface area contributed by atoms with Gasteiger partial charge >= 0.3 is 12.1 Å². The first-order valence-corrected chi connectivity index (χ1v) is 12.5. The van der Waals surface area contributed by atoms with Crippen LogP contribution in [0.25, 0.3) is 0 Å². The van der Waals surface area contributed by atoms with Crippen molar-refractivity contribution in [2.24, 2.45) is 0 Å². The monoisotopic (exact) mass is 556 g/mol. The largest absolute Gasteiger partial charge is 0.481 e. The molecular weight excluding hydrogens is 525 g/mol. The van der Waals surface area contributed by atoms with Gasteiger partial charge in [-0.2, -0.15) is 13.2 Å². The molecule has 5 atom stereocenters. The van der Waals surface area contributed by atoms with Crippen molar-refractivity contribution in [1.29, 1.82) is 0 Å². The number of carbonyl (C=O) groups excluding carboxylic acids is 3. The molecule has 1 spiro atoms. The molecule has 39 heavy (non-hydrogen) atoms. The lowest BCUT2D eigenvalue weighted by Crippen LogP contribution is -2.74. The van der Waals surface area contributed by atoms with Gasteiger partial charge in [-0.15, -0.1) is 0 Å². The van der Waals surface area contributed by atoms with E-state index in [4.69, 9.17) is 14.3 Å². The molecule has 1 amide bonds. The summed E-state index contributed by atoms with van der Waals surface area (Å²) in [4.78, 5) is 35.0. The third-order valence-electron chi connectivity index (χ3n) is 8.00. The molecule has 0 aromatic heterocycles. The maximum Gasteiger partial charge on any atom is 0.446 e. The van der Waals surface area contributed by atoms with Crippen molar-refractivity contribution in [3.8, 4) is 5.75 Å². The molecule has 1 saturated heterocycles. The highest BCUT2D eigenvalue weighted by molar-refractivity contribution is 5.80. The van der Waals surface area contributed by atoms with E-state index >= 15 is 0 Å². The number of esters is 1. The van der Waals surface area contributed by atoms with Crippen molar-refractivity contribution >= 4 is 18.2 Å². The quantitative estimate of drug-likeness (QED) is 0.293. The second-order valence-electron chi connectivity index (χ2n) is 10.3. The number of aldehydes is 1. The van der Waals surface area contributed by atoms with Gasteiger partial charge in [0.2, 0.25) is 12.2 Å². The van der Waals surface area contributed by atoms with Crippen LogP contribution >= 0.6 is 0 Å². The Morgan fingerprint density at radius 3 is 2.67 bits per heavy atom. The predicted octanol–water partition coefficient (Wildman–Crippen LogP) is 0.634. The zero-order valence-electron chi connectivity index (χ0n) is 21.5. The van der Waals surface area contributed by atoms with Crippen LogP contribution in [0.4, 0.5) is 13.2 Å². The van der Waals surface area contributed by atoms with E-state index in [0.717, 1.165) is 17.7 Å². The highest BCUT2D eigenvalue weighted by atomic mass is 19.4. The van der Waals surface area contributed by atoms with E-state index in [1.165, 1.54) is 6.92 Å². The van der Waals surface area contributed by atoms with E-state index in [0.29, 0.717) is 36.3 Å². The number of carbonyl (C=O) groups is 3. The second kappa shape index (κ2) is 10.5. The van der Waals surface area contributed by atoms with Crippen molar-refractivity contribution < 1.29 is 52.3 Å². The molecule has 5 rings (SSSR count). The number of aliphatic hydroxyl groups excluding tert-OH is 2. The van der Waals surface area contributed by atoms with Crippen molar-refractivity contribution in [2.75, 3.05) is 20.1 Å². The van der Waals surface area contributed by atoms with E-state index in [1.807, 2.05) is 19.2 Å². The molecule has 2 aliphatic heterocycles. The van der Waals surface area contributed by atoms with Gasteiger partial charge in [0.1, 0.15) is 17.6 Å². The number of piperidine rings is 1. The summed E-state index contributed by atoms with van der Waals surface area (Å²) < 4.78 is 43.4. The Bertz CT molecular complexity index is 1190. The maximum absolute atomic E-state index is 12.6. The summed E-state index contributed by atoms with van der Waals surface area (Å²) >= 11 is 0. The first-order valence-electron chi connectivity index (χ1n) is 12.5. The average Bonchev–Trinajstić information content (AvgIpc) is 3.23. The zero-order valence-corrected chi connectivity index (χ0v) is 21.5. The van der Waals surface area contributed by atoms with Crippen LogP contribution in [0, 0.1) is 0 Å². The van der Waals surface area contributed by atoms with E-state index in [-0.39, 0.29) is 25.6 Å². The van der Waals surface area contributed by atoms with Gasteiger partial charge in [0.25, 0.3) is 0 Å². The summed E-state index contributed by atoms with van der Waals surface area (Å²) in [5, 5.41) is 33.8. The molecule has 0 unspecified atom stereocenters. The molecule has 10 nitrogen and oxygen atoms in total. The number of hydrogen-bond donors (Lipinski definition) is 4. The van der Waals surface area contributed by atoms with Gasteiger partial charge < -0.3 is 35.0 Å². The minimum Gasteiger partial charge on any atom is -0.481 e. The van der Waals surface area contributed by atoms with Crippen LogP contribution in [0.5, 0.6) is 5.75 Å². The molecule has 13 heteroatoms. The topological polar surface area (TPSA) is 146 Å². The first-order chi connectivity index (χ1) is 18.3. The zero-order chi connectivity index (χ0) is 28.8. The highest BCUT2D eigenvalue weighted by Crippen LogP contribution is 2.64. The lowest BCUT2D eigenvalue weighted by atomic mass is 9.50. The maximum atomic E-state index is 12.6. The van der Waals surface area contributed by atoms with Gasteiger partial charge in [-0.3, -0.25) is 14.4 Å². The smallest absolute Gasteiger partial charge is 0.446 e. The minimum absolute atomic E-state index is 0.0440. The number of nitrogens with zero attached hydrogens (tertiary/aromatic N) is 1. The number of nitrogens with one attached hydrogen (secondary N) is 1. The number of amides is 1. The third kappa shape index (κ3) is 4.92. The molecule has 0 radical (unpaired) electrons. The Balaban J connectivity index is 0.000000531. The van der Waals surface area contributed by atoms with E-state index < -0.39 is 47.6 Å². The number of aliphatic hydroxyl groups is 3. The normalized spacial score (nSPS) is 29.1. The number of benzene rings is 1. The Labute approximate surface area is 222 Å². The molecule has 2 heterocycles. The standard InChI is InChI=1S/C24H30N2O7.C2HF3O/c1-13(28)22(30)25-9-6-18(29)32-16-5-7-24(31)17-11-14-3-4-15(12-27)20-19(14)23(24,21(16)33-20)8-10-26(17)2;3-2(4,5)1-6/h3-5,13,17,21,27-28,31H,6-12H2,1-2H3,(H,25,30);1H/t13-,17+,21-,23-,24+;/m0./s1. The number of likely N-dealkylation sites (N-methyl/N-ethyl adjacent to an activating group) is 1. The molecule has 214 valence electrons. The van der Waals surface area contributed by atoms with Gasteiger partial charge in [-0.25, -0.2) is 0 Å². The number of hydrogen-bond acceptors (Lipinski definition) is 9. The fourth-order valence-electron chi connectivity index (χ4n) is 6.25. The third-order valence-corrected chi connectivity index (χ3v) is 8.00. The minimum atomic E-state index is -4.64. The molecule has 1 aromatic rings. The number of halogens is 3. The van der Waals surface area contributed by atoms with Gasteiger partial charge in [-0.1, -0.05) is 12.1 Å². The summed E-state index contributed by atoms with van der Waals surface area (Å²) in [5.41, 5.74) is 0.848. The van der Waals surface area contributed by atoms with Gasteiger partial charge in [-0.05, 0) is 45.0 Å². The summed E-state index contributed by atoms with van der Waals surface area (Å²) in [5.74, 6) is -0.129. The fraction of sp³-hybridized carbons (Fsp3) is 0.577. The number of likely N-dealkylation sites (tertiary alicyclic amines) is 1. The Kier molecular flexibility index (Phi) is 7.83. The van der Waals surface area contributed by atoms with Crippen LogP contribution in [-0.2, 0) is 37.6 Å². The Morgan fingerprint density at radius 1 is 1.36 bits per heavy atom. The molecule has 1 fully saturated rings. The summed E-state index contributed by atoms with van der Waals surface area (Å²) in [6.45, 7) is 1.98. The first kappa shape index (κ1) is 29.0. The molecule has 1 aromatic carbocycles. The lowest BCUT2D eigenvalue weighted by Gasteiger charge is -2.61. The summed E-state index contributed by atoms with van der Waals surface area (Å²) in [6, 6.07) is 3.78. The molecule has 0 saturated carbocycles. The van der Waals surface area contributed by atoms with Crippen LogP contribution in [-0.4, -0.2) is 88.5 Å². The number of alkyl halides is 3. The van der Waals surface area contributed by atoms with Gasteiger partial charge in [0.15, 0.2) is 6.10 Å². The van der Waals surface area contributed by atoms with Crippen molar-refractivity contribution in [2.45, 2.75) is 74.7 Å². The van der Waals surface area contributed by atoms with Gasteiger partial charge in [0, 0.05) is 30.1 Å². The van der Waals surface area contributed by atoms with E-state index in [9.17, 15) is 38.1 Å². The summed E-state index contributed by atoms with van der Waals surface area (Å²) in [7, 11) is 2.02. The molecule has 2 bridgehead atoms. The molecular formula is C26H31F3N2O8. The highest BCUT2D eigenvalue weighted by Gasteiger charge is 2.71. The SMILES string of the molecule is C[C@H](O)C(=O)NCCC(=O)OC1=CC[C@@]2(O)[C@H]3Cc4ccc(CO)c5c4[C@@]2(CCN3C)[C@H]1O5.O=CC(F)(F)F. The van der Waals surface area contributed by atoms with Gasteiger partial charge in [0.05, 0.1) is 24.0 Å². The van der Waals surface area contributed by atoms with E-state index in [1.54, 1.807) is 6.08 Å². The van der Waals surface area contributed by atoms with Crippen molar-refractivity contribution in [3.63, 3.8) is 0 Å². The fourth-order valence-corrected chi connectivity index (χ4v) is 6.25. The van der Waals surface area contributed by atoms with E-state index in [2.05, 4.69) is 10.2 Å². The second-order valence-corrected chi connectivity index (χ2v) is 10.3. The molecule has 4 N–H and O–H groups in total. The summed E-state index contributed by atoms with van der Waals surface area (Å²) in [6.07, 6.45) is -4.20. The van der Waals surface area contributed by atoms with Crippen LogP contribution in [0.15, 0.2) is 24.0 Å². The Morgan fingerprint density at radius 2 is 2.05 bits per heavy atom. The van der Waals surface area contributed by atoms with Crippen LogP contribution in [0.1, 0.15) is 42.9 Å². The predicted molar refractivity (Wildman–Crippen MR) is 128 cm³/mol. The molecule has 4 aliphatic rings. The lowest BCUT2D eigenvalue weighted by molar-refractivity contribution is -0.169. The average molecular weight is 557 g/mol. The number of rotatable bonds is 6. The van der Waals surface area contributed by atoms with Crippen molar-refractivity contribution in [1.82, 2.24) is 10.2 Å². The molecule has 2 aliphatic carbocycles. The number of ether oxygens (including phenoxy) is 2. The Hall–Kier alpha value is -3.00. The van der Waals surface area contributed by atoms with Crippen LogP contribution in [0.3, 0.4) is 0 Å².